The number of nitrogens with zero attached hydrogens (tertiary/aromatic N) is 3. The van der Waals surface area contributed by atoms with E-state index in [0.29, 0.717) is 12.2 Å². The van der Waals surface area contributed by atoms with Gasteiger partial charge in [-0.15, -0.1) is 10.2 Å². The molecular formula is C13H14ClN3O2S. The Hall–Kier alpha value is -1.40. The van der Waals surface area contributed by atoms with Crippen molar-refractivity contribution in [3.05, 3.63) is 35.6 Å². The van der Waals surface area contributed by atoms with E-state index in [1.165, 1.54) is 0 Å². The highest BCUT2D eigenvalue weighted by molar-refractivity contribution is 7.91. The van der Waals surface area contributed by atoms with Crippen LogP contribution in [0.1, 0.15) is 13.3 Å². The summed E-state index contributed by atoms with van der Waals surface area (Å²) in [5.74, 6) is 0.847. The van der Waals surface area contributed by atoms with Crippen molar-refractivity contribution in [3.8, 4) is 11.4 Å². The van der Waals surface area contributed by atoms with E-state index in [9.17, 15) is 8.42 Å². The largest absolute Gasteiger partial charge is 0.291 e. The van der Waals surface area contributed by atoms with E-state index < -0.39 is 15.4 Å². The first-order chi connectivity index (χ1) is 9.41. The van der Waals surface area contributed by atoms with Gasteiger partial charge in [-0.3, -0.25) is 4.57 Å². The number of benzene rings is 1. The number of aromatic nitrogens is 3. The van der Waals surface area contributed by atoms with Crippen molar-refractivity contribution >= 4 is 21.4 Å². The van der Waals surface area contributed by atoms with Crippen molar-refractivity contribution in [2.24, 2.45) is 0 Å². The molecule has 1 aliphatic heterocycles. The van der Waals surface area contributed by atoms with Crippen LogP contribution in [0.4, 0.5) is 0 Å². The van der Waals surface area contributed by atoms with Gasteiger partial charge in [-0.05, 0) is 24.9 Å². The summed E-state index contributed by atoms with van der Waals surface area (Å²) in [6.07, 6.45) is 0.521. The zero-order valence-corrected chi connectivity index (χ0v) is 12.5. The lowest BCUT2D eigenvalue weighted by atomic mass is 10.0. The number of sulfone groups is 1. The molecule has 0 amide bonds. The van der Waals surface area contributed by atoms with E-state index in [2.05, 4.69) is 10.2 Å². The summed E-state index contributed by atoms with van der Waals surface area (Å²) in [5.41, 5.74) is 0.280. The normalized spacial score (nSPS) is 24.9. The van der Waals surface area contributed by atoms with E-state index in [1.807, 2.05) is 37.3 Å². The molecular weight excluding hydrogens is 298 g/mol. The van der Waals surface area contributed by atoms with Crippen molar-refractivity contribution in [2.75, 3.05) is 11.5 Å². The van der Waals surface area contributed by atoms with E-state index in [0.717, 1.165) is 5.56 Å². The molecule has 1 unspecified atom stereocenters. The second kappa shape index (κ2) is 4.56. The summed E-state index contributed by atoms with van der Waals surface area (Å²) in [4.78, 5) is 0. The van der Waals surface area contributed by atoms with Crippen molar-refractivity contribution < 1.29 is 8.42 Å². The van der Waals surface area contributed by atoms with Crippen molar-refractivity contribution in [3.63, 3.8) is 0 Å². The number of hydrogen-bond donors (Lipinski definition) is 0. The van der Waals surface area contributed by atoms with E-state index in [4.69, 9.17) is 11.6 Å². The van der Waals surface area contributed by atoms with Gasteiger partial charge >= 0.3 is 0 Å². The van der Waals surface area contributed by atoms with Crippen LogP contribution in [0.3, 0.4) is 0 Å². The number of hydrogen-bond acceptors (Lipinski definition) is 4. The fourth-order valence-electron chi connectivity index (χ4n) is 2.69. The second-order valence-corrected chi connectivity index (χ2v) is 7.86. The Morgan fingerprint density at radius 2 is 1.95 bits per heavy atom. The predicted molar refractivity (Wildman–Crippen MR) is 77.4 cm³/mol. The minimum absolute atomic E-state index is 0.0671. The first-order valence-corrected chi connectivity index (χ1v) is 8.48. The molecule has 0 saturated carbocycles. The molecule has 1 fully saturated rings. The minimum Gasteiger partial charge on any atom is -0.291 e. The van der Waals surface area contributed by atoms with Gasteiger partial charge in [0.05, 0.1) is 17.0 Å². The van der Waals surface area contributed by atoms with Gasteiger partial charge in [-0.1, -0.05) is 30.3 Å². The summed E-state index contributed by atoms with van der Waals surface area (Å²) < 4.78 is 25.4. The third-order valence-corrected chi connectivity index (χ3v) is 5.81. The molecule has 1 aromatic heterocycles. The van der Waals surface area contributed by atoms with Crippen LogP contribution >= 0.6 is 11.6 Å². The Kier molecular flexibility index (Phi) is 3.10. The highest BCUT2D eigenvalue weighted by Crippen LogP contribution is 2.36. The van der Waals surface area contributed by atoms with Gasteiger partial charge in [-0.25, -0.2) is 8.42 Å². The van der Waals surface area contributed by atoms with Crippen LogP contribution in [0.5, 0.6) is 0 Å². The smallest absolute Gasteiger partial charge is 0.225 e. The molecule has 2 heterocycles. The van der Waals surface area contributed by atoms with Crippen LogP contribution in [-0.2, 0) is 15.4 Å². The number of halogens is 1. The van der Waals surface area contributed by atoms with E-state index in [1.54, 1.807) is 4.57 Å². The molecule has 0 aliphatic carbocycles. The molecule has 20 heavy (non-hydrogen) atoms. The lowest BCUT2D eigenvalue weighted by Crippen LogP contribution is -2.32. The van der Waals surface area contributed by atoms with E-state index >= 15 is 0 Å². The highest BCUT2D eigenvalue weighted by atomic mass is 35.5. The van der Waals surface area contributed by atoms with Gasteiger partial charge in [0.15, 0.2) is 15.7 Å². The first kappa shape index (κ1) is 13.6. The third kappa shape index (κ3) is 2.23. The highest BCUT2D eigenvalue weighted by Gasteiger charge is 2.42. The summed E-state index contributed by atoms with van der Waals surface area (Å²) in [5, 5.41) is 8.25. The average Bonchev–Trinajstić information content (AvgIpc) is 2.92. The van der Waals surface area contributed by atoms with Gasteiger partial charge in [0.2, 0.25) is 5.28 Å². The molecule has 1 aliphatic rings. The Labute approximate surface area is 122 Å². The molecule has 2 aromatic rings. The molecule has 1 saturated heterocycles. The summed E-state index contributed by atoms with van der Waals surface area (Å²) in [6.45, 7) is 1.89. The fraction of sp³-hybridized carbons (Fsp3) is 0.385. The summed E-state index contributed by atoms with van der Waals surface area (Å²) in [6, 6.07) is 9.52. The monoisotopic (exact) mass is 311 g/mol. The van der Waals surface area contributed by atoms with Gasteiger partial charge in [-0.2, -0.15) is 0 Å². The maximum atomic E-state index is 11.8. The van der Waals surface area contributed by atoms with Gasteiger partial charge < -0.3 is 0 Å². The van der Waals surface area contributed by atoms with Crippen molar-refractivity contribution in [1.29, 1.82) is 0 Å². The van der Waals surface area contributed by atoms with Gasteiger partial charge in [0, 0.05) is 5.56 Å². The lowest BCUT2D eigenvalue weighted by molar-refractivity contribution is 0.369. The Morgan fingerprint density at radius 1 is 1.25 bits per heavy atom. The Bertz CT molecular complexity index is 742. The van der Waals surface area contributed by atoms with Crippen molar-refractivity contribution in [1.82, 2.24) is 14.8 Å². The molecule has 7 heteroatoms. The van der Waals surface area contributed by atoms with Crippen LogP contribution in [0.2, 0.25) is 5.28 Å². The van der Waals surface area contributed by atoms with Gasteiger partial charge in [0.1, 0.15) is 0 Å². The SMILES string of the molecule is CC1(n2c(Cl)nnc2-c2ccccc2)CCS(=O)(=O)C1. The Morgan fingerprint density at radius 3 is 2.55 bits per heavy atom. The zero-order valence-electron chi connectivity index (χ0n) is 11.0. The molecule has 5 nitrogen and oxygen atoms in total. The second-order valence-electron chi connectivity index (χ2n) is 5.33. The number of rotatable bonds is 2. The molecule has 0 radical (unpaired) electrons. The Balaban J connectivity index is 2.14. The fourth-order valence-corrected chi connectivity index (χ4v) is 5.13. The van der Waals surface area contributed by atoms with Crippen LogP contribution in [0.25, 0.3) is 11.4 Å². The van der Waals surface area contributed by atoms with Crippen molar-refractivity contribution in [2.45, 2.75) is 18.9 Å². The first-order valence-electron chi connectivity index (χ1n) is 6.29. The van der Waals surface area contributed by atoms with Crippen LogP contribution < -0.4 is 0 Å². The van der Waals surface area contributed by atoms with Crippen LogP contribution in [0.15, 0.2) is 30.3 Å². The maximum Gasteiger partial charge on any atom is 0.225 e. The van der Waals surface area contributed by atoms with Gasteiger partial charge in [0.25, 0.3) is 0 Å². The molecule has 3 rings (SSSR count). The van der Waals surface area contributed by atoms with Crippen LogP contribution in [-0.4, -0.2) is 34.7 Å². The standard InChI is InChI=1S/C13H14ClN3O2S/c1-13(7-8-20(18,19)9-13)17-11(15-16-12(17)14)10-5-3-2-4-6-10/h2-6H,7-9H2,1H3. The summed E-state index contributed by atoms with van der Waals surface area (Å²) in [7, 11) is -3.03. The molecule has 1 atom stereocenters. The topological polar surface area (TPSA) is 64.8 Å². The predicted octanol–water partition coefficient (Wildman–Crippen LogP) is 2.13. The average molecular weight is 312 g/mol. The molecule has 106 valence electrons. The molecule has 0 N–H and O–H groups in total. The molecule has 0 bridgehead atoms. The molecule has 0 spiro atoms. The van der Waals surface area contributed by atoms with E-state index in [-0.39, 0.29) is 16.8 Å². The summed E-state index contributed by atoms with van der Waals surface area (Å²) >= 11 is 6.15. The molecule has 1 aromatic carbocycles. The zero-order chi connectivity index (χ0) is 14.4. The van der Waals surface area contributed by atoms with Crippen LogP contribution in [0, 0.1) is 0 Å². The quantitative estimate of drug-likeness (QED) is 0.852. The minimum atomic E-state index is -3.03. The third-order valence-electron chi connectivity index (χ3n) is 3.68. The maximum absolute atomic E-state index is 11.8. The lowest BCUT2D eigenvalue weighted by Gasteiger charge is -2.26.